The van der Waals surface area contributed by atoms with Crippen LogP contribution in [0.3, 0.4) is 0 Å². The normalized spacial score (nSPS) is 30.4. The van der Waals surface area contributed by atoms with Crippen LogP contribution in [0.15, 0.2) is 0 Å². The third-order valence-corrected chi connectivity index (χ3v) is 3.56. The van der Waals surface area contributed by atoms with Crippen molar-refractivity contribution >= 4 is 0 Å². The largest absolute Gasteiger partial charge is 0.377 e. The predicted molar refractivity (Wildman–Crippen MR) is 58.4 cm³/mol. The molecule has 1 heterocycles. The third kappa shape index (κ3) is 3.25. The van der Waals surface area contributed by atoms with Crippen molar-refractivity contribution in [2.45, 2.75) is 51.0 Å². The van der Waals surface area contributed by atoms with Crippen LogP contribution in [0.1, 0.15) is 44.9 Å². The lowest BCUT2D eigenvalue weighted by Crippen LogP contribution is -2.20. The van der Waals surface area contributed by atoms with Crippen LogP contribution in [-0.4, -0.2) is 25.8 Å². The lowest BCUT2D eigenvalue weighted by atomic mass is 10.0. The second kappa shape index (κ2) is 5.72. The van der Waals surface area contributed by atoms with Crippen molar-refractivity contribution in [3.63, 3.8) is 0 Å². The van der Waals surface area contributed by atoms with Gasteiger partial charge in [0.25, 0.3) is 0 Å². The van der Waals surface area contributed by atoms with Crippen molar-refractivity contribution in [1.29, 1.82) is 0 Å². The van der Waals surface area contributed by atoms with Crippen LogP contribution in [0.5, 0.6) is 0 Å². The number of nitrogens with one attached hydrogen (secondary N) is 1. The summed E-state index contributed by atoms with van der Waals surface area (Å²) in [5, 5.41) is 3.35. The zero-order valence-corrected chi connectivity index (χ0v) is 9.13. The molecule has 1 aliphatic heterocycles. The van der Waals surface area contributed by atoms with Crippen LogP contribution >= 0.6 is 0 Å². The molecule has 2 fully saturated rings. The topological polar surface area (TPSA) is 21.3 Å². The SMILES string of the molecule is C1CCCC(CO[C@@H]2CCNC2)CC1. The molecule has 1 saturated heterocycles. The Bertz CT molecular complexity index is 146. The van der Waals surface area contributed by atoms with E-state index in [4.69, 9.17) is 4.74 Å². The van der Waals surface area contributed by atoms with Crippen molar-refractivity contribution < 1.29 is 4.74 Å². The van der Waals surface area contributed by atoms with E-state index in [1.165, 1.54) is 44.9 Å². The average Bonchev–Trinajstić information content (AvgIpc) is 2.58. The predicted octanol–water partition coefficient (Wildman–Crippen LogP) is 2.34. The van der Waals surface area contributed by atoms with Crippen LogP contribution < -0.4 is 5.32 Å². The summed E-state index contributed by atoms with van der Waals surface area (Å²) in [4.78, 5) is 0. The molecule has 0 bridgehead atoms. The van der Waals surface area contributed by atoms with Gasteiger partial charge in [0.15, 0.2) is 0 Å². The lowest BCUT2D eigenvalue weighted by Gasteiger charge is -2.17. The van der Waals surface area contributed by atoms with Crippen LogP contribution in [0.25, 0.3) is 0 Å². The summed E-state index contributed by atoms with van der Waals surface area (Å²) in [5.74, 6) is 0.859. The van der Waals surface area contributed by atoms with Crippen LogP contribution in [0, 0.1) is 5.92 Å². The molecule has 2 heteroatoms. The van der Waals surface area contributed by atoms with Gasteiger partial charge in [0.05, 0.1) is 6.10 Å². The Morgan fingerprint density at radius 2 is 1.79 bits per heavy atom. The summed E-state index contributed by atoms with van der Waals surface area (Å²) < 4.78 is 5.94. The summed E-state index contributed by atoms with van der Waals surface area (Å²) in [7, 11) is 0. The molecule has 0 amide bonds. The molecular formula is C12H23NO. The second-order valence-corrected chi connectivity index (χ2v) is 4.81. The third-order valence-electron chi connectivity index (χ3n) is 3.56. The van der Waals surface area contributed by atoms with Crippen molar-refractivity contribution in [2.24, 2.45) is 5.92 Å². The van der Waals surface area contributed by atoms with E-state index in [0.29, 0.717) is 6.10 Å². The van der Waals surface area contributed by atoms with Gasteiger partial charge in [-0.2, -0.15) is 0 Å². The van der Waals surface area contributed by atoms with Gasteiger partial charge in [-0.05, 0) is 31.7 Å². The van der Waals surface area contributed by atoms with Crippen LogP contribution in [0.2, 0.25) is 0 Å². The number of rotatable bonds is 3. The van der Waals surface area contributed by atoms with Crippen molar-refractivity contribution in [2.75, 3.05) is 19.7 Å². The Morgan fingerprint density at radius 3 is 2.43 bits per heavy atom. The van der Waals surface area contributed by atoms with E-state index < -0.39 is 0 Å². The van der Waals surface area contributed by atoms with Crippen molar-refractivity contribution in [3.05, 3.63) is 0 Å². The quantitative estimate of drug-likeness (QED) is 0.701. The standard InChI is InChI=1S/C12H23NO/c1-2-4-6-11(5-3-1)10-14-12-7-8-13-9-12/h11-13H,1-10H2/t12-/m1/s1. The fourth-order valence-corrected chi connectivity index (χ4v) is 2.57. The van der Waals surface area contributed by atoms with Gasteiger partial charge in [-0.15, -0.1) is 0 Å². The molecule has 82 valence electrons. The van der Waals surface area contributed by atoms with Gasteiger partial charge in [-0.1, -0.05) is 25.7 Å². The minimum atomic E-state index is 0.512. The molecule has 0 aromatic heterocycles. The highest BCUT2D eigenvalue weighted by atomic mass is 16.5. The van der Waals surface area contributed by atoms with Crippen molar-refractivity contribution in [1.82, 2.24) is 5.32 Å². The minimum Gasteiger partial charge on any atom is -0.377 e. The lowest BCUT2D eigenvalue weighted by molar-refractivity contribution is 0.0375. The molecule has 0 aromatic carbocycles. The van der Waals surface area contributed by atoms with E-state index in [1.54, 1.807) is 0 Å². The first-order valence-corrected chi connectivity index (χ1v) is 6.27. The van der Waals surface area contributed by atoms with Gasteiger partial charge < -0.3 is 10.1 Å². The summed E-state index contributed by atoms with van der Waals surface area (Å²) in [5.41, 5.74) is 0. The number of ether oxygens (including phenoxy) is 1. The molecule has 1 N–H and O–H groups in total. The molecule has 0 unspecified atom stereocenters. The van der Waals surface area contributed by atoms with Crippen LogP contribution in [-0.2, 0) is 4.74 Å². The first kappa shape index (κ1) is 10.4. The van der Waals surface area contributed by atoms with Gasteiger partial charge in [-0.25, -0.2) is 0 Å². The van der Waals surface area contributed by atoms with Gasteiger partial charge in [0.1, 0.15) is 0 Å². The highest BCUT2D eigenvalue weighted by Crippen LogP contribution is 2.23. The molecule has 0 aromatic rings. The van der Waals surface area contributed by atoms with E-state index in [-0.39, 0.29) is 0 Å². The summed E-state index contributed by atoms with van der Waals surface area (Å²) in [6, 6.07) is 0. The highest BCUT2D eigenvalue weighted by molar-refractivity contribution is 4.72. The first-order valence-electron chi connectivity index (χ1n) is 6.27. The Kier molecular flexibility index (Phi) is 4.26. The zero-order chi connectivity index (χ0) is 9.64. The molecule has 0 spiro atoms. The fourth-order valence-electron chi connectivity index (χ4n) is 2.57. The molecule has 14 heavy (non-hydrogen) atoms. The van der Waals surface area contributed by atoms with Gasteiger partial charge in [0, 0.05) is 13.2 Å². The van der Waals surface area contributed by atoms with Crippen molar-refractivity contribution in [3.8, 4) is 0 Å². The average molecular weight is 197 g/mol. The first-order chi connectivity index (χ1) is 6.95. The highest BCUT2D eigenvalue weighted by Gasteiger charge is 2.18. The van der Waals surface area contributed by atoms with E-state index in [1.807, 2.05) is 0 Å². The molecule has 0 radical (unpaired) electrons. The van der Waals surface area contributed by atoms with E-state index in [9.17, 15) is 0 Å². The van der Waals surface area contributed by atoms with Gasteiger partial charge in [0.2, 0.25) is 0 Å². The number of hydrogen-bond donors (Lipinski definition) is 1. The zero-order valence-electron chi connectivity index (χ0n) is 9.13. The Morgan fingerprint density at radius 1 is 1.00 bits per heavy atom. The molecule has 2 rings (SSSR count). The Labute approximate surface area is 87.4 Å². The Balaban J connectivity index is 1.62. The molecule has 1 aliphatic carbocycles. The van der Waals surface area contributed by atoms with E-state index in [0.717, 1.165) is 25.6 Å². The Hall–Kier alpha value is -0.0800. The summed E-state index contributed by atoms with van der Waals surface area (Å²) in [6.45, 7) is 3.24. The maximum absolute atomic E-state index is 5.94. The monoisotopic (exact) mass is 197 g/mol. The minimum absolute atomic E-state index is 0.512. The van der Waals surface area contributed by atoms with Gasteiger partial charge in [-0.3, -0.25) is 0 Å². The maximum Gasteiger partial charge on any atom is 0.0711 e. The summed E-state index contributed by atoms with van der Waals surface area (Å²) >= 11 is 0. The van der Waals surface area contributed by atoms with Crippen LogP contribution in [0.4, 0.5) is 0 Å². The molecular weight excluding hydrogens is 174 g/mol. The maximum atomic E-state index is 5.94. The smallest absolute Gasteiger partial charge is 0.0711 e. The van der Waals surface area contributed by atoms with E-state index >= 15 is 0 Å². The molecule has 1 saturated carbocycles. The number of hydrogen-bond acceptors (Lipinski definition) is 2. The van der Waals surface area contributed by atoms with Gasteiger partial charge >= 0.3 is 0 Å². The summed E-state index contributed by atoms with van der Waals surface area (Å²) in [6.07, 6.45) is 10.3. The fraction of sp³-hybridized carbons (Fsp3) is 1.00. The molecule has 2 nitrogen and oxygen atoms in total. The molecule has 2 aliphatic rings. The second-order valence-electron chi connectivity index (χ2n) is 4.81. The van der Waals surface area contributed by atoms with E-state index in [2.05, 4.69) is 5.32 Å². The molecule has 1 atom stereocenters.